The molecular weight excluding hydrogens is 260 g/mol. The summed E-state index contributed by atoms with van der Waals surface area (Å²) in [5.41, 5.74) is 4.53. The second-order valence-corrected chi connectivity index (χ2v) is 5.48. The molecule has 2 rings (SSSR count). The van der Waals surface area contributed by atoms with Crippen LogP contribution in [0.1, 0.15) is 33.1 Å². The summed E-state index contributed by atoms with van der Waals surface area (Å²) in [5, 5.41) is 10.2. The Bertz CT molecular complexity index is 599. The number of H-pyrrole nitrogens is 1. The number of anilines is 2. The first kappa shape index (κ1) is 14.6. The third kappa shape index (κ3) is 2.45. The van der Waals surface area contributed by atoms with Crippen LogP contribution in [0.25, 0.3) is 0 Å². The fraction of sp³-hybridized carbons (Fsp3) is 0.692. The van der Waals surface area contributed by atoms with E-state index in [-0.39, 0.29) is 5.82 Å². The number of aliphatic hydroxyl groups is 1. The monoisotopic (exact) mass is 282 g/mol. The normalized spacial score (nSPS) is 17.1. The summed E-state index contributed by atoms with van der Waals surface area (Å²) in [6.07, 6.45) is 2.32. The molecule has 2 heterocycles. The van der Waals surface area contributed by atoms with Crippen molar-refractivity contribution in [3.63, 3.8) is 0 Å². The molecule has 0 bridgehead atoms. The van der Waals surface area contributed by atoms with E-state index in [1.54, 1.807) is 4.90 Å². The molecule has 1 fully saturated rings. The van der Waals surface area contributed by atoms with E-state index in [1.165, 1.54) is 4.57 Å². The largest absolute Gasteiger partial charge is 0.386 e. The zero-order valence-corrected chi connectivity index (χ0v) is 12.0. The molecule has 1 aromatic rings. The Balaban J connectivity index is 2.32. The summed E-state index contributed by atoms with van der Waals surface area (Å²) in [6, 6.07) is 0. The highest BCUT2D eigenvalue weighted by molar-refractivity contribution is 5.64. The smallest absolute Gasteiger partial charge is 0.330 e. The molecule has 0 atom stereocenters. The van der Waals surface area contributed by atoms with Crippen molar-refractivity contribution >= 4 is 11.5 Å². The van der Waals surface area contributed by atoms with E-state index in [2.05, 4.69) is 4.98 Å². The van der Waals surface area contributed by atoms with E-state index < -0.39 is 16.9 Å². The molecule has 1 aliphatic rings. The molecule has 1 aliphatic heterocycles. The molecular formula is C13H22N4O3. The average molecular weight is 282 g/mol. The van der Waals surface area contributed by atoms with Crippen molar-refractivity contribution in [1.82, 2.24) is 9.55 Å². The maximum absolute atomic E-state index is 11.9. The maximum atomic E-state index is 11.9. The summed E-state index contributed by atoms with van der Waals surface area (Å²) >= 11 is 0. The Morgan fingerprint density at radius 2 is 1.95 bits per heavy atom. The van der Waals surface area contributed by atoms with Gasteiger partial charge in [-0.3, -0.25) is 14.3 Å². The Hall–Kier alpha value is -1.76. The number of nitrogen functional groups attached to an aromatic ring is 1. The second-order valence-electron chi connectivity index (χ2n) is 5.48. The van der Waals surface area contributed by atoms with Crippen LogP contribution >= 0.6 is 0 Å². The summed E-state index contributed by atoms with van der Waals surface area (Å²) in [4.78, 5) is 27.7. The minimum Gasteiger partial charge on any atom is -0.386 e. The van der Waals surface area contributed by atoms with Crippen molar-refractivity contribution in [2.45, 2.75) is 45.3 Å². The molecule has 20 heavy (non-hydrogen) atoms. The number of nitrogens with one attached hydrogen (secondary N) is 1. The van der Waals surface area contributed by atoms with Crippen LogP contribution < -0.4 is 21.9 Å². The number of hydrogen-bond donors (Lipinski definition) is 3. The van der Waals surface area contributed by atoms with Gasteiger partial charge in [-0.1, -0.05) is 20.3 Å². The predicted molar refractivity (Wildman–Crippen MR) is 78.1 cm³/mol. The first-order valence-electron chi connectivity index (χ1n) is 7.01. The average Bonchev–Trinajstić information content (AvgIpc) is 2.32. The van der Waals surface area contributed by atoms with Crippen LogP contribution in [0.4, 0.5) is 11.5 Å². The Labute approximate surface area is 117 Å². The minimum atomic E-state index is -0.751. The number of hydrogen-bond acceptors (Lipinski definition) is 5. The Kier molecular flexibility index (Phi) is 3.89. The number of β-amino-alcohol motifs (C(OH)–C–C–N with tert-alkyl or cyclic N) is 1. The van der Waals surface area contributed by atoms with Crippen molar-refractivity contribution in [3.05, 3.63) is 20.8 Å². The first-order chi connectivity index (χ1) is 9.41. The molecule has 1 aromatic heterocycles. The van der Waals surface area contributed by atoms with Gasteiger partial charge in [0.1, 0.15) is 11.5 Å². The lowest BCUT2D eigenvalue weighted by atomic mass is 9.89. The molecule has 0 unspecified atom stereocenters. The van der Waals surface area contributed by atoms with E-state index in [1.807, 2.05) is 13.8 Å². The number of aromatic amines is 1. The van der Waals surface area contributed by atoms with Gasteiger partial charge in [0.25, 0.3) is 5.56 Å². The highest BCUT2D eigenvalue weighted by Crippen LogP contribution is 2.31. The number of aromatic nitrogens is 2. The van der Waals surface area contributed by atoms with Gasteiger partial charge in [0.2, 0.25) is 0 Å². The third-order valence-electron chi connectivity index (χ3n) is 3.66. The van der Waals surface area contributed by atoms with Crippen molar-refractivity contribution in [1.29, 1.82) is 0 Å². The van der Waals surface area contributed by atoms with Gasteiger partial charge < -0.3 is 15.7 Å². The number of nitrogens with zero attached hydrogens (tertiary/aromatic N) is 2. The van der Waals surface area contributed by atoms with Crippen LogP contribution in [0.5, 0.6) is 0 Å². The van der Waals surface area contributed by atoms with Crippen LogP contribution in [0.15, 0.2) is 9.59 Å². The second kappa shape index (κ2) is 5.32. The topological polar surface area (TPSA) is 104 Å². The standard InChI is InChI=1S/C13H22N4O3/c1-3-5-13(20)7-16(8-13)9-10(14)17(6-4-2)12(19)15-11(9)18/h20H,3-8,14H2,1-2H3,(H,15,18,19). The van der Waals surface area contributed by atoms with Gasteiger partial charge in [-0.2, -0.15) is 0 Å². The minimum absolute atomic E-state index is 0.180. The van der Waals surface area contributed by atoms with Gasteiger partial charge in [0.05, 0.1) is 5.60 Å². The van der Waals surface area contributed by atoms with E-state index >= 15 is 0 Å². The summed E-state index contributed by atoms with van der Waals surface area (Å²) in [5.74, 6) is 0.180. The first-order valence-corrected chi connectivity index (χ1v) is 7.01. The van der Waals surface area contributed by atoms with Crippen molar-refractivity contribution in [2.75, 3.05) is 23.7 Å². The highest BCUT2D eigenvalue weighted by Gasteiger charge is 2.42. The van der Waals surface area contributed by atoms with Crippen molar-refractivity contribution < 1.29 is 5.11 Å². The van der Waals surface area contributed by atoms with Crippen LogP contribution in [-0.2, 0) is 6.54 Å². The van der Waals surface area contributed by atoms with Gasteiger partial charge in [-0.05, 0) is 12.8 Å². The lowest BCUT2D eigenvalue weighted by molar-refractivity contribution is 0.00328. The lowest BCUT2D eigenvalue weighted by Crippen LogP contribution is -2.63. The van der Waals surface area contributed by atoms with Crippen LogP contribution in [0, 0.1) is 0 Å². The highest BCUT2D eigenvalue weighted by atomic mass is 16.3. The molecule has 4 N–H and O–H groups in total. The van der Waals surface area contributed by atoms with E-state index in [0.717, 1.165) is 12.8 Å². The molecule has 7 heteroatoms. The third-order valence-corrected chi connectivity index (χ3v) is 3.66. The predicted octanol–water partition coefficient (Wildman–Crippen LogP) is -0.120. The molecule has 1 saturated heterocycles. The fourth-order valence-electron chi connectivity index (χ4n) is 2.77. The summed E-state index contributed by atoms with van der Waals surface area (Å²) in [7, 11) is 0. The van der Waals surface area contributed by atoms with Gasteiger partial charge in [0.15, 0.2) is 0 Å². The van der Waals surface area contributed by atoms with E-state index in [4.69, 9.17) is 5.73 Å². The van der Waals surface area contributed by atoms with Crippen LogP contribution in [0.2, 0.25) is 0 Å². The molecule has 0 radical (unpaired) electrons. The zero-order valence-electron chi connectivity index (χ0n) is 12.0. The molecule has 0 amide bonds. The van der Waals surface area contributed by atoms with Gasteiger partial charge >= 0.3 is 5.69 Å². The van der Waals surface area contributed by atoms with Crippen molar-refractivity contribution in [2.24, 2.45) is 0 Å². The van der Waals surface area contributed by atoms with Gasteiger partial charge in [0, 0.05) is 19.6 Å². The van der Waals surface area contributed by atoms with E-state index in [9.17, 15) is 14.7 Å². The molecule has 112 valence electrons. The SMILES string of the molecule is CCCn1c(N)c(N2CC(O)(CCC)C2)c(=O)[nH]c1=O. The maximum Gasteiger partial charge on any atom is 0.330 e. The zero-order chi connectivity index (χ0) is 14.9. The quantitative estimate of drug-likeness (QED) is 0.698. The Morgan fingerprint density at radius 3 is 2.50 bits per heavy atom. The molecule has 0 aliphatic carbocycles. The molecule has 0 aromatic carbocycles. The summed E-state index contributed by atoms with van der Waals surface area (Å²) < 4.78 is 1.37. The van der Waals surface area contributed by atoms with Crippen molar-refractivity contribution in [3.8, 4) is 0 Å². The fourth-order valence-corrected chi connectivity index (χ4v) is 2.77. The molecule has 0 saturated carbocycles. The number of nitrogens with two attached hydrogens (primary N) is 1. The number of rotatable bonds is 5. The molecule has 7 nitrogen and oxygen atoms in total. The van der Waals surface area contributed by atoms with E-state index in [0.29, 0.717) is 31.7 Å². The van der Waals surface area contributed by atoms with Gasteiger partial charge in [-0.15, -0.1) is 0 Å². The molecule has 0 spiro atoms. The lowest BCUT2D eigenvalue weighted by Gasteiger charge is -2.47. The van der Waals surface area contributed by atoms with Crippen LogP contribution in [0.3, 0.4) is 0 Å². The Morgan fingerprint density at radius 1 is 1.30 bits per heavy atom. The van der Waals surface area contributed by atoms with Gasteiger partial charge in [-0.25, -0.2) is 4.79 Å². The van der Waals surface area contributed by atoms with Crippen LogP contribution in [-0.4, -0.2) is 33.3 Å². The summed E-state index contributed by atoms with van der Waals surface area (Å²) in [6.45, 7) is 5.14.